The molecule has 0 saturated heterocycles. The quantitative estimate of drug-likeness (QED) is 0.809. The van der Waals surface area contributed by atoms with Crippen LogP contribution in [0.5, 0.6) is 0 Å². The molecule has 0 fully saturated rings. The van der Waals surface area contributed by atoms with Crippen LogP contribution in [0.3, 0.4) is 0 Å². The molecule has 0 bridgehead atoms. The number of aromatic nitrogens is 1. The summed E-state index contributed by atoms with van der Waals surface area (Å²) in [6.07, 6.45) is 2.08. The maximum atomic E-state index is 5.90. The molecule has 1 N–H and O–H groups in total. The summed E-state index contributed by atoms with van der Waals surface area (Å²) >= 11 is 5.90. The zero-order valence-corrected chi connectivity index (χ0v) is 12.1. The lowest BCUT2D eigenvalue weighted by Gasteiger charge is -2.27. The molecule has 1 aromatic heterocycles. The van der Waals surface area contributed by atoms with Crippen LogP contribution in [0, 0.1) is 0 Å². The predicted molar refractivity (Wildman–Crippen MR) is 81.7 cm³/mol. The van der Waals surface area contributed by atoms with Gasteiger partial charge in [0.2, 0.25) is 0 Å². The lowest BCUT2D eigenvalue weighted by atomic mass is 9.95. The van der Waals surface area contributed by atoms with E-state index in [1.807, 2.05) is 18.2 Å². The lowest BCUT2D eigenvalue weighted by molar-refractivity contribution is 0.516. The number of pyridine rings is 1. The Labute approximate surface area is 119 Å². The zero-order chi connectivity index (χ0) is 13.7. The molecule has 0 aliphatic heterocycles. The van der Waals surface area contributed by atoms with Crippen LogP contribution < -0.4 is 5.32 Å². The minimum absolute atomic E-state index is 0.0203. The maximum Gasteiger partial charge on any atom is 0.131 e. The lowest BCUT2D eigenvalue weighted by Crippen LogP contribution is -2.31. The smallest absolute Gasteiger partial charge is 0.131 e. The second kappa shape index (κ2) is 6.07. The highest BCUT2D eigenvalue weighted by molar-refractivity contribution is 6.29. The zero-order valence-electron chi connectivity index (χ0n) is 11.4. The fraction of sp³-hybridized carbons (Fsp3) is 0.312. The van der Waals surface area contributed by atoms with E-state index >= 15 is 0 Å². The Hall–Kier alpha value is -1.54. The van der Waals surface area contributed by atoms with Crippen molar-refractivity contribution in [1.29, 1.82) is 0 Å². The summed E-state index contributed by atoms with van der Waals surface area (Å²) in [5.74, 6) is 0.825. The van der Waals surface area contributed by atoms with Crippen molar-refractivity contribution in [2.75, 3.05) is 5.32 Å². The monoisotopic (exact) mass is 274 g/mol. The SMILES string of the molecule is CC(C)(CCc1ccccc1)Nc1cccc(Cl)n1. The van der Waals surface area contributed by atoms with Crippen molar-refractivity contribution in [3.63, 3.8) is 0 Å². The molecule has 0 radical (unpaired) electrons. The Morgan fingerprint density at radius 1 is 1.05 bits per heavy atom. The van der Waals surface area contributed by atoms with E-state index in [9.17, 15) is 0 Å². The van der Waals surface area contributed by atoms with Crippen LogP contribution >= 0.6 is 11.6 Å². The summed E-state index contributed by atoms with van der Waals surface area (Å²) in [7, 11) is 0. The standard InChI is InChI=1S/C16H19ClN2/c1-16(2,12-11-13-7-4-3-5-8-13)19-15-10-6-9-14(17)18-15/h3-10H,11-12H2,1-2H3,(H,18,19). The van der Waals surface area contributed by atoms with Gasteiger partial charge in [0.1, 0.15) is 11.0 Å². The predicted octanol–water partition coefficient (Wildman–Crippen LogP) is 4.56. The number of hydrogen-bond donors (Lipinski definition) is 1. The van der Waals surface area contributed by atoms with Gasteiger partial charge in [-0.15, -0.1) is 0 Å². The number of anilines is 1. The van der Waals surface area contributed by atoms with E-state index in [0.717, 1.165) is 18.7 Å². The third-order valence-corrected chi connectivity index (χ3v) is 3.27. The van der Waals surface area contributed by atoms with Crippen molar-refractivity contribution in [3.05, 3.63) is 59.2 Å². The normalized spacial score (nSPS) is 11.3. The molecule has 19 heavy (non-hydrogen) atoms. The Bertz CT molecular complexity index is 523. The largest absolute Gasteiger partial charge is 0.365 e. The summed E-state index contributed by atoms with van der Waals surface area (Å²) in [4.78, 5) is 4.27. The summed E-state index contributed by atoms with van der Waals surface area (Å²) in [6.45, 7) is 4.36. The van der Waals surface area contributed by atoms with E-state index in [0.29, 0.717) is 5.15 Å². The molecule has 1 heterocycles. The molecule has 0 saturated carbocycles. The second-order valence-corrected chi connectivity index (χ2v) is 5.73. The average Bonchev–Trinajstić information content (AvgIpc) is 2.37. The number of nitrogens with one attached hydrogen (secondary N) is 1. The average molecular weight is 275 g/mol. The molecule has 1 aromatic carbocycles. The molecule has 0 atom stereocenters. The van der Waals surface area contributed by atoms with Gasteiger partial charge in [0, 0.05) is 5.54 Å². The van der Waals surface area contributed by atoms with Crippen molar-refractivity contribution in [3.8, 4) is 0 Å². The highest BCUT2D eigenvalue weighted by Crippen LogP contribution is 2.20. The first kappa shape index (κ1) is 13.9. The Morgan fingerprint density at radius 2 is 1.79 bits per heavy atom. The summed E-state index contributed by atoms with van der Waals surface area (Å²) in [6, 6.07) is 16.2. The number of aryl methyl sites for hydroxylation is 1. The van der Waals surface area contributed by atoms with Crippen molar-refractivity contribution < 1.29 is 0 Å². The topological polar surface area (TPSA) is 24.9 Å². The van der Waals surface area contributed by atoms with Crippen molar-refractivity contribution in [2.45, 2.75) is 32.2 Å². The molecule has 2 rings (SSSR count). The van der Waals surface area contributed by atoms with E-state index in [1.165, 1.54) is 5.56 Å². The number of nitrogens with zero attached hydrogens (tertiary/aromatic N) is 1. The van der Waals surface area contributed by atoms with Gasteiger partial charge in [-0.3, -0.25) is 0 Å². The molecule has 0 aliphatic carbocycles. The van der Waals surface area contributed by atoms with E-state index in [2.05, 4.69) is 48.4 Å². The van der Waals surface area contributed by atoms with Crippen LogP contribution in [0.2, 0.25) is 5.15 Å². The Morgan fingerprint density at radius 3 is 2.47 bits per heavy atom. The van der Waals surface area contributed by atoms with Crippen LogP contribution in [-0.2, 0) is 6.42 Å². The molecular weight excluding hydrogens is 256 g/mol. The second-order valence-electron chi connectivity index (χ2n) is 5.34. The van der Waals surface area contributed by atoms with E-state index in [-0.39, 0.29) is 5.54 Å². The first-order chi connectivity index (χ1) is 9.05. The third-order valence-electron chi connectivity index (χ3n) is 3.06. The number of halogens is 1. The Kier molecular flexibility index (Phi) is 4.43. The third kappa shape index (κ3) is 4.56. The van der Waals surface area contributed by atoms with Gasteiger partial charge in [0.05, 0.1) is 0 Å². The summed E-state index contributed by atoms with van der Waals surface area (Å²) in [5, 5.41) is 3.95. The minimum Gasteiger partial charge on any atom is -0.365 e. The summed E-state index contributed by atoms with van der Waals surface area (Å²) in [5.41, 5.74) is 1.34. The summed E-state index contributed by atoms with van der Waals surface area (Å²) < 4.78 is 0. The van der Waals surface area contributed by atoms with Crippen LogP contribution in [0.25, 0.3) is 0 Å². The van der Waals surface area contributed by atoms with Crippen LogP contribution in [0.1, 0.15) is 25.8 Å². The van der Waals surface area contributed by atoms with E-state index in [4.69, 9.17) is 11.6 Å². The highest BCUT2D eigenvalue weighted by Gasteiger charge is 2.17. The van der Waals surface area contributed by atoms with E-state index in [1.54, 1.807) is 6.07 Å². The first-order valence-electron chi connectivity index (χ1n) is 6.50. The van der Waals surface area contributed by atoms with Gasteiger partial charge in [0.25, 0.3) is 0 Å². The van der Waals surface area contributed by atoms with Gasteiger partial charge in [-0.25, -0.2) is 4.98 Å². The Balaban J connectivity index is 1.95. The molecule has 0 spiro atoms. The van der Waals surface area contributed by atoms with E-state index < -0.39 is 0 Å². The fourth-order valence-corrected chi connectivity index (χ4v) is 2.15. The van der Waals surface area contributed by atoms with Crippen LogP contribution in [0.4, 0.5) is 5.82 Å². The van der Waals surface area contributed by atoms with Gasteiger partial charge in [-0.2, -0.15) is 0 Å². The maximum absolute atomic E-state index is 5.90. The van der Waals surface area contributed by atoms with Crippen LogP contribution in [-0.4, -0.2) is 10.5 Å². The fourth-order valence-electron chi connectivity index (χ4n) is 1.99. The molecule has 0 amide bonds. The first-order valence-corrected chi connectivity index (χ1v) is 6.88. The molecule has 2 nitrogen and oxygen atoms in total. The van der Waals surface area contributed by atoms with Crippen molar-refractivity contribution in [1.82, 2.24) is 4.98 Å². The highest BCUT2D eigenvalue weighted by atomic mass is 35.5. The van der Waals surface area contributed by atoms with Gasteiger partial charge in [-0.05, 0) is 44.4 Å². The van der Waals surface area contributed by atoms with Crippen molar-refractivity contribution in [2.24, 2.45) is 0 Å². The number of rotatable bonds is 5. The number of hydrogen-bond acceptors (Lipinski definition) is 2. The molecule has 3 heteroatoms. The molecule has 0 aliphatic rings. The molecule has 2 aromatic rings. The minimum atomic E-state index is -0.0203. The number of benzene rings is 1. The van der Waals surface area contributed by atoms with Gasteiger partial charge in [-0.1, -0.05) is 48.0 Å². The van der Waals surface area contributed by atoms with Gasteiger partial charge < -0.3 is 5.32 Å². The van der Waals surface area contributed by atoms with Crippen molar-refractivity contribution >= 4 is 17.4 Å². The van der Waals surface area contributed by atoms with Gasteiger partial charge >= 0.3 is 0 Å². The molecule has 100 valence electrons. The molecular formula is C16H19ClN2. The molecule has 0 unspecified atom stereocenters. The van der Waals surface area contributed by atoms with Crippen LogP contribution in [0.15, 0.2) is 48.5 Å². The van der Waals surface area contributed by atoms with Gasteiger partial charge in [0.15, 0.2) is 0 Å².